The van der Waals surface area contributed by atoms with Gasteiger partial charge in [0.2, 0.25) is 0 Å². The van der Waals surface area contributed by atoms with Crippen molar-refractivity contribution in [2.75, 3.05) is 6.54 Å². The highest BCUT2D eigenvalue weighted by molar-refractivity contribution is 5.94. The van der Waals surface area contributed by atoms with E-state index < -0.39 is 5.97 Å². The minimum atomic E-state index is -0.894. The lowest BCUT2D eigenvalue weighted by Crippen LogP contribution is -2.36. The Bertz CT molecular complexity index is 889. The van der Waals surface area contributed by atoms with Crippen molar-refractivity contribution >= 4 is 11.9 Å². The fourth-order valence-electron chi connectivity index (χ4n) is 3.66. The van der Waals surface area contributed by atoms with Gasteiger partial charge in [-0.1, -0.05) is 36.8 Å². The van der Waals surface area contributed by atoms with Crippen molar-refractivity contribution in [1.82, 2.24) is 9.88 Å². The summed E-state index contributed by atoms with van der Waals surface area (Å²) in [5, 5.41) is 8.92. The molecule has 2 aromatic rings. The maximum Gasteiger partial charge on any atom is 0.303 e. The first kappa shape index (κ1) is 19.9. The number of pyridine rings is 1. The molecule has 0 radical (unpaired) electrons. The summed E-state index contributed by atoms with van der Waals surface area (Å²) in [7, 11) is 0. The molecule has 1 aromatic carbocycles. The Kier molecular flexibility index (Phi) is 6.63. The third-order valence-corrected chi connectivity index (χ3v) is 5.14. The van der Waals surface area contributed by atoms with Crippen LogP contribution in [0.2, 0.25) is 0 Å². The monoisotopic (exact) mass is 382 g/mol. The minimum Gasteiger partial charge on any atom is -0.481 e. The first-order valence-electron chi connectivity index (χ1n) is 9.84. The van der Waals surface area contributed by atoms with E-state index in [0.29, 0.717) is 13.0 Å². The van der Waals surface area contributed by atoms with Crippen LogP contribution in [0, 0.1) is 0 Å². The SMILES string of the molecule is O=C(O)CCCN(Cc1ccccc1)C(=O)c1cc2c([nH]c1=O)CCCCC2. The summed E-state index contributed by atoms with van der Waals surface area (Å²) >= 11 is 0. The Morgan fingerprint density at radius 1 is 1.07 bits per heavy atom. The molecular formula is C22H26N2O4. The first-order chi connectivity index (χ1) is 13.5. The van der Waals surface area contributed by atoms with E-state index in [2.05, 4.69) is 4.98 Å². The molecule has 6 heteroatoms. The average Bonchev–Trinajstić information content (AvgIpc) is 2.91. The summed E-state index contributed by atoms with van der Waals surface area (Å²) in [6.45, 7) is 0.631. The van der Waals surface area contributed by atoms with Gasteiger partial charge in [0.15, 0.2) is 0 Å². The zero-order valence-corrected chi connectivity index (χ0v) is 15.9. The Hall–Kier alpha value is -2.89. The van der Waals surface area contributed by atoms with Crippen LogP contribution in [-0.2, 0) is 24.2 Å². The Morgan fingerprint density at radius 3 is 2.57 bits per heavy atom. The molecule has 0 saturated heterocycles. The van der Waals surface area contributed by atoms with Crippen LogP contribution in [-0.4, -0.2) is 33.4 Å². The van der Waals surface area contributed by atoms with Crippen LogP contribution < -0.4 is 5.56 Å². The van der Waals surface area contributed by atoms with Gasteiger partial charge >= 0.3 is 5.97 Å². The number of aliphatic carboxylic acids is 1. The van der Waals surface area contributed by atoms with Gasteiger partial charge in [-0.05, 0) is 49.3 Å². The van der Waals surface area contributed by atoms with Crippen LogP contribution in [0.5, 0.6) is 0 Å². The number of nitrogens with zero attached hydrogens (tertiary/aromatic N) is 1. The van der Waals surface area contributed by atoms with Crippen LogP contribution in [0.1, 0.15) is 59.3 Å². The second-order valence-corrected chi connectivity index (χ2v) is 7.29. The second-order valence-electron chi connectivity index (χ2n) is 7.29. The highest BCUT2D eigenvalue weighted by atomic mass is 16.4. The second kappa shape index (κ2) is 9.35. The number of carboxylic acids is 1. The van der Waals surface area contributed by atoms with Gasteiger partial charge in [-0.15, -0.1) is 0 Å². The minimum absolute atomic E-state index is 0.0148. The summed E-state index contributed by atoms with van der Waals surface area (Å²) in [4.78, 5) is 41.1. The number of aromatic amines is 1. The number of benzene rings is 1. The largest absolute Gasteiger partial charge is 0.481 e. The smallest absolute Gasteiger partial charge is 0.303 e. The lowest BCUT2D eigenvalue weighted by molar-refractivity contribution is -0.137. The van der Waals surface area contributed by atoms with Crippen LogP contribution in [0.4, 0.5) is 0 Å². The van der Waals surface area contributed by atoms with E-state index in [-0.39, 0.29) is 30.0 Å². The highest BCUT2D eigenvalue weighted by Crippen LogP contribution is 2.19. The zero-order chi connectivity index (χ0) is 19.9. The van der Waals surface area contributed by atoms with Crippen LogP contribution in [0.3, 0.4) is 0 Å². The number of aromatic nitrogens is 1. The van der Waals surface area contributed by atoms with Gasteiger partial charge in [0.1, 0.15) is 5.56 Å². The predicted molar refractivity (Wildman–Crippen MR) is 106 cm³/mol. The number of hydrogen-bond donors (Lipinski definition) is 2. The number of fused-ring (bicyclic) bond motifs is 1. The summed E-state index contributed by atoms with van der Waals surface area (Å²) in [6.07, 6.45) is 5.26. The number of carbonyl (C=O) groups is 2. The van der Waals surface area contributed by atoms with Crippen molar-refractivity contribution in [2.45, 2.75) is 51.5 Å². The molecule has 6 nitrogen and oxygen atoms in total. The van der Waals surface area contributed by atoms with Crippen LogP contribution >= 0.6 is 0 Å². The topological polar surface area (TPSA) is 90.5 Å². The van der Waals surface area contributed by atoms with Crippen molar-refractivity contribution in [3.63, 3.8) is 0 Å². The van der Waals surface area contributed by atoms with Gasteiger partial charge in [-0.3, -0.25) is 14.4 Å². The number of aryl methyl sites for hydroxylation is 2. The number of nitrogens with one attached hydrogen (secondary N) is 1. The normalized spacial score (nSPS) is 13.4. The maximum absolute atomic E-state index is 13.2. The van der Waals surface area contributed by atoms with Gasteiger partial charge < -0.3 is 15.0 Å². The molecule has 1 aliphatic rings. The lowest BCUT2D eigenvalue weighted by atomic mass is 10.0. The molecule has 1 aromatic heterocycles. The predicted octanol–water partition coefficient (Wildman–Crippen LogP) is 3.15. The van der Waals surface area contributed by atoms with Crippen molar-refractivity contribution in [1.29, 1.82) is 0 Å². The molecule has 0 bridgehead atoms. The number of carboxylic acid groups (broad SMARTS) is 1. The third kappa shape index (κ3) is 5.09. The molecular weight excluding hydrogens is 356 g/mol. The molecule has 0 aliphatic heterocycles. The fourth-order valence-corrected chi connectivity index (χ4v) is 3.66. The quantitative estimate of drug-likeness (QED) is 0.720. The molecule has 3 rings (SSSR count). The van der Waals surface area contributed by atoms with E-state index in [1.807, 2.05) is 30.3 Å². The van der Waals surface area contributed by atoms with Gasteiger partial charge in [-0.2, -0.15) is 0 Å². The summed E-state index contributed by atoms with van der Waals surface area (Å²) < 4.78 is 0. The average molecular weight is 382 g/mol. The molecule has 1 heterocycles. The van der Waals surface area contributed by atoms with E-state index >= 15 is 0 Å². The number of rotatable bonds is 7. The summed E-state index contributed by atoms with van der Waals surface area (Å²) in [5.74, 6) is -1.24. The Labute approximate surface area is 164 Å². The van der Waals surface area contributed by atoms with E-state index in [4.69, 9.17) is 5.11 Å². The van der Waals surface area contributed by atoms with Crippen LogP contribution in [0.15, 0.2) is 41.2 Å². The van der Waals surface area contributed by atoms with Crippen molar-refractivity contribution in [3.8, 4) is 0 Å². The molecule has 148 valence electrons. The molecule has 1 aliphatic carbocycles. The standard InChI is InChI=1S/C22H26N2O4/c25-20(26)12-7-13-24(15-16-8-3-1-4-9-16)22(28)18-14-17-10-5-2-6-11-19(17)23-21(18)27/h1,3-4,8-9,14H,2,5-7,10-13,15H2,(H,23,27)(H,25,26). The van der Waals surface area contributed by atoms with Crippen molar-refractivity contribution < 1.29 is 14.7 Å². The third-order valence-electron chi connectivity index (χ3n) is 5.14. The van der Waals surface area contributed by atoms with Crippen molar-refractivity contribution in [2.24, 2.45) is 0 Å². The molecule has 0 atom stereocenters. The zero-order valence-electron chi connectivity index (χ0n) is 15.9. The summed E-state index contributed by atoms with van der Waals surface area (Å²) in [5.41, 5.74) is 2.72. The lowest BCUT2D eigenvalue weighted by Gasteiger charge is -2.23. The first-order valence-corrected chi connectivity index (χ1v) is 9.84. The number of hydrogen-bond acceptors (Lipinski definition) is 3. The van der Waals surface area contributed by atoms with Crippen LogP contribution in [0.25, 0.3) is 0 Å². The van der Waals surface area contributed by atoms with Gasteiger partial charge in [0, 0.05) is 25.2 Å². The molecule has 2 N–H and O–H groups in total. The molecule has 0 saturated carbocycles. The van der Waals surface area contributed by atoms with Crippen molar-refractivity contribution in [3.05, 3.63) is 69.1 Å². The number of H-pyrrole nitrogens is 1. The van der Waals surface area contributed by atoms with E-state index in [0.717, 1.165) is 48.9 Å². The van der Waals surface area contributed by atoms with Gasteiger partial charge in [0.05, 0.1) is 0 Å². The number of amides is 1. The fraction of sp³-hybridized carbons (Fsp3) is 0.409. The van der Waals surface area contributed by atoms with E-state index in [9.17, 15) is 14.4 Å². The molecule has 0 spiro atoms. The highest BCUT2D eigenvalue weighted by Gasteiger charge is 2.22. The molecule has 0 fully saturated rings. The van der Waals surface area contributed by atoms with Gasteiger partial charge in [0.25, 0.3) is 11.5 Å². The van der Waals surface area contributed by atoms with E-state index in [1.54, 1.807) is 11.0 Å². The molecule has 28 heavy (non-hydrogen) atoms. The molecule has 1 amide bonds. The number of carbonyl (C=O) groups excluding carboxylic acids is 1. The van der Waals surface area contributed by atoms with E-state index in [1.165, 1.54) is 0 Å². The van der Waals surface area contributed by atoms with Gasteiger partial charge in [-0.25, -0.2) is 0 Å². The Morgan fingerprint density at radius 2 is 1.82 bits per heavy atom. The maximum atomic E-state index is 13.2. The Balaban J connectivity index is 1.86. The summed E-state index contributed by atoms with van der Waals surface area (Å²) in [6, 6.07) is 11.3. The molecule has 0 unspecified atom stereocenters.